The van der Waals surface area contributed by atoms with Gasteiger partial charge >= 0.3 is 0 Å². The van der Waals surface area contributed by atoms with Gasteiger partial charge in [0, 0.05) is 31.7 Å². The molecule has 0 aromatic carbocycles. The fourth-order valence-corrected chi connectivity index (χ4v) is 3.27. The fourth-order valence-electron chi connectivity index (χ4n) is 3.27. The quantitative estimate of drug-likeness (QED) is 0.771. The topological polar surface area (TPSA) is 15.7 Å². The van der Waals surface area contributed by atoms with Crippen molar-refractivity contribution in [3.8, 4) is 0 Å². The lowest BCUT2D eigenvalue weighted by atomic mass is 9.86. The Morgan fingerprint density at radius 2 is 1.55 bits per heavy atom. The molecular formula is C17H34N2O. The molecule has 2 unspecified atom stereocenters. The van der Waals surface area contributed by atoms with Crippen molar-refractivity contribution in [3.05, 3.63) is 0 Å². The molecule has 0 radical (unpaired) electrons. The molecule has 0 amide bonds. The number of nitrogens with zero attached hydrogens (tertiary/aromatic N) is 2. The van der Waals surface area contributed by atoms with Gasteiger partial charge in [0.2, 0.25) is 0 Å². The van der Waals surface area contributed by atoms with E-state index in [-0.39, 0.29) is 5.60 Å². The van der Waals surface area contributed by atoms with Crippen LogP contribution in [-0.4, -0.2) is 60.3 Å². The van der Waals surface area contributed by atoms with E-state index in [9.17, 15) is 0 Å². The van der Waals surface area contributed by atoms with Crippen molar-refractivity contribution in [2.24, 2.45) is 5.41 Å². The molecule has 3 heterocycles. The highest BCUT2D eigenvalue weighted by Gasteiger charge is 2.43. The second-order valence-electron chi connectivity index (χ2n) is 8.81. The third-order valence-corrected chi connectivity index (χ3v) is 4.48. The van der Waals surface area contributed by atoms with Gasteiger partial charge in [-0.05, 0) is 45.6 Å². The summed E-state index contributed by atoms with van der Waals surface area (Å²) in [4.78, 5) is 5.34. The Hall–Kier alpha value is -0.120. The lowest BCUT2D eigenvalue weighted by Crippen LogP contribution is -2.69. The van der Waals surface area contributed by atoms with Gasteiger partial charge in [-0.1, -0.05) is 20.8 Å². The standard InChI is InChI=1S/C17H34N2O/c1-16(2,3)7-8-18-12-14-11-15(13-18)19(14)9-10-20-17(4,5)6/h14-15H,7-13H2,1-6H3. The van der Waals surface area contributed by atoms with Crippen LogP contribution in [-0.2, 0) is 4.74 Å². The fraction of sp³-hybridized carbons (Fsp3) is 1.00. The van der Waals surface area contributed by atoms with Gasteiger partial charge in [-0.2, -0.15) is 0 Å². The molecule has 118 valence electrons. The predicted octanol–water partition coefficient (Wildman–Crippen LogP) is 3.00. The molecular weight excluding hydrogens is 248 g/mol. The average molecular weight is 282 g/mol. The summed E-state index contributed by atoms with van der Waals surface area (Å²) in [7, 11) is 0. The van der Waals surface area contributed by atoms with E-state index in [0.29, 0.717) is 5.41 Å². The number of piperazine rings is 1. The molecule has 3 aliphatic heterocycles. The molecule has 0 N–H and O–H groups in total. The number of piperidine rings is 1. The first kappa shape index (κ1) is 16.3. The summed E-state index contributed by atoms with van der Waals surface area (Å²) in [5.74, 6) is 0. The summed E-state index contributed by atoms with van der Waals surface area (Å²) in [5.41, 5.74) is 0.459. The lowest BCUT2D eigenvalue weighted by molar-refractivity contribution is -0.0953. The maximum atomic E-state index is 5.86. The normalized spacial score (nSPS) is 28.5. The lowest BCUT2D eigenvalue weighted by Gasteiger charge is -2.57. The smallest absolute Gasteiger partial charge is 0.0600 e. The van der Waals surface area contributed by atoms with Crippen molar-refractivity contribution < 1.29 is 4.74 Å². The second kappa shape index (κ2) is 5.94. The monoisotopic (exact) mass is 282 g/mol. The number of hydrogen-bond acceptors (Lipinski definition) is 3. The Kier molecular flexibility index (Phi) is 4.83. The first-order valence-corrected chi connectivity index (χ1v) is 8.26. The first-order chi connectivity index (χ1) is 9.14. The van der Waals surface area contributed by atoms with Crippen molar-refractivity contribution in [2.45, 2.75) is 72.1 Å². The predicted molar refractivity (Wildman–Crippen MR) is 85.1 cm³/mol. The van der Waals surface area contributed by atoms with E-state index in [1.54, 1.807) is 0 Å². The molecule has 2 atom stereocenters. The molecule has 3 rings (SSSR count). The number of ether oxygens (including phenoxy) is 1. The van der Waals surface area contributed by atoms with Crippen LogP contribution < -0.4 is 0 Å². The van der Waals surface area contributed by atoms with Gasteiger partial charge in [0.05, 0.1) is 12.2 Å². The van der Waals surface area contributed by atoms with Crippen LogP contribution in [0.3, 0.4) is 0 Å². The van der Waals surface area contributed by atoms with Crippen LogP contribution >= 0.6 is 0 Å². The zero-order valence-electron chi connectivity index (χ0n) is 14.4. The van der Waals surface area contributed by atoms with E-state index in [1.807, 2.05) is 0 Å². The molecule has 0 spiro atoms. The molecule has 0 aromatic rings. The van der Waals surface area contributed by atoms with E-state index in [2.05, 4.69) is 51.3 Å². The third-order valence-electron chi connectivity index (χ3n) is 4.48. The molecule has 0 saturated carbocycles. The molecule has 3 fully saturated rings. The Morgan fingerprint density at radius 1 is 0.950 bits per heavy atom. The van der Waals surface area contributed by atoms with Crippen molar-refractivity contribution in [1.82, 2.24) is 9.80 Å². The van der Waals surface area contributed by atoms with Crippen LogP contribution in [0.4, 0.5) is 0 Å². The molecule has 3 aliphatic rings. The summed E-state index contributed by atoms with van der Waals surface area (Å²) < 4.78 is 5.86. The van der Waals surface area contributed by atoms with E-state index >= 15 is 0 Å². The van der Waals surface area contributed by atoms with E-state index < -0.39 is 0 Å². The van der Waals surface area contributed by atoms with Crippen molar-refractivity contribution >= 4 is 0 Å². The summed E-state index contributed by atoms with van der Waals surface area (Å²) in [6.45, 7) is 19.2. The van der Waals surface area contributed by atoms with Gasteiger partial charge in [0.1, 0.15) is 0 Å². The molecule has 2 bridgehead atoms. The van der Waals surface area contributed by atoms with Crippen molar-refractivity contribution in [2.75, 3.05) is 32.8 Å². The van der Waals surface area contributed by atoms with Gasteiger partial charge in [-0.3, -0.25) is 4.90 Å². The van der Waals surface area contributed by atoms with Crippen LogP contribution in [0.15, 0.2) is 0 Å². The molecule has 0 aromatic heterocycles. The Bertz CT molecular complexity index is 304. The zero-order chi connectivity index (χ0) is 15.0. The third kappa shape index (κ3) is 4.71. The largest absolute Gasteiger partial charge is 0.375 e. The van der Waals surface area contributed by atoms with Crippen molar-refractivity contribution in [1.29, 1.82) is 0 Å². The number of hydrogen-bond donors (Lipinski definition) is 0. The maximum Gasteiger partial charge on any atom is 0.0600 e. The minimum Gasteiger partial charge on any atom is -0.375 e. The summed E-state index contributed by atoms with van der Waals surface area (Å²) >= 11 is 0. The second-order valence-corrected chi connectivity index (χ2v) is 8.81. The summed E-state index contributed by atoms with van der Waals surface area (Å²) in [5, 5.41) is 0. The molecule has 3 heteroatoms. The Morgan fingerprint density at radius 3 is 2.05 bits per heavy atom. The maximum absolute atomic E-state index is 5.86. The van der Waals surface area contributed by atoms with Gasteiger partial charge in [0.15, 0.2) is 0 Å². The van der Waals surface area contributed by atoms with Crippen LogP contribution in [0.2, 0.25) is 0 Å². The number of rotatable bonds is 5. The highest BCUT2D eigenvalue weighted by Crippen LogP contribution is 2.32. The molecule has 0 aliphatic carbocycles. The van der Waals surface area contributed by atoms with Crippen LogP contribution in [0, 0.1) is 5.41 Å². The van der Waals surface area contributed by atoms with Crippen LogP contribution in [0.25, 0.3) is 0 Å². The molecule has 3 nitrogen and oxygen atoms in total. The summed E-state index contributed by atoms with van der Waals surface area (Å²) in [6.07, 6.45) is 2.71. The van der Waals surface area contributed by atoms with Crippen LogP contribution in [0.5, 0.6) is 0 Å². The molecule has 3 saturated heterocycles. The minimum atomic E-state index is -0.00127. The van der Waals surface area contributed by atoms with Gasteiger partial charge in [0.25, 0.3) is 0 Å². The molecule has 20 heavy (non-hydrogen) atoms. The highest BCUT2D eigenvalue weighted by molar-refractivity contribution is 5.00. The number of fused-ring (bicyclic) bond motifs is 2. The first-order valence-electron chi connectivity index (χ1n) is 8.26. The van der Waals surface area contributed by atoms with Crippen molar-refractivity contribution in [3.63, 3.8) is 0 Å². The minimum absolute atomic E-state index is 0.00127. The Labute approximate surface area is 125 Å². The van der Waals surface area contributed by atoms with Gasteiger partial charge in [-0.15, -0.1) is 0 Å². The van der Waals surface area contributed by atoms with E-state index in [1.165, 1.54) is 32.5 Å². The SMILES string of the molecule is CC(C)(C)CCN1CC2CC(C1)N2CCOC(C)(C)C. The van der Waals surface area contributed by atoms with Crippen LogP contribution in [0.1, 0.15) is 54.4 Å². The van der Waals surface area contributed by atoms with Gasteiger partial charge < -0.3 is 9.64 Å². The van der Waals surface area contributed by atoms with Gasteiger partial charge in [-0.25, -0.2) is 0 Å². The Balaban J connectivity index is 1.68. The summed E-state index contributed by atoms with van der Waals surface area (Å²) in [6, 6.07) is 1.58. The van der Waals surface area contributed by atoms with E-state index in [0.717, 1.165) is 25.2 Å². The van der Waals surface area contributed by atoms with E-state index in [4.69, 9.17) is 4.74 Å². The zero-order valence-corrected chi connectivity index (χ0v) is 14.4. The average Bonchev–Trinajstić information content (AvgIpc) is 2.30. The highest BCUT2D eigenvalue weighted by atomic mass is 16.5.